The van der Waals surface area contributed by atoms with Gasteiger partial charge < -0.3 is 19.7 Å². The van der Waals surface area contributed by atoms with Crippen LogP contribution in [0.5, 0.6) is 0 Å². The highest BCUT2D eigenvalue weighted by atomic mass is 16.6. The number of hydrogen-bond donors (Lipinski definition) is 2. The molecule has 0 amide bonds. The average molecular weight is 635 g/mol. The third kappa shape index (κ3) is 34.8. The lowest BCUT2D eigenvalue weighted by Gasteiger charge is -2.12. The summed E-state index contributed by atoms with van der Waals surface area (Å²) in [4.78, 5) is 23.9. The molecule has 45 heavy (non-hydrogen) atoms. The smallest absolute Gasteiger partial charge is 0.305 e. The molecule has 0 aliphatic carbocycles. The zero-order chi connectivity index (χ0) is 33.1. The van der Waals surface area contributed by atoms with E-state index in [1.807, 2.05) is 18.2 Å². The molecule has 0 aromatic heterocycles. The lowest BCUT2D eigenvalue weighted by Crippen LogP contribution is -2.25. The van der Waals surface area contributed by atoms with Crippen molar-refractivity contribution in [1.29, 1.82) is 0 Å². The number of carbonyl (C=O) groups is 2. The van der Waals surface area contributed by atoms with Crippen molar-refractivity contribution in [1.82, 2.24) is 0 Å². The van der Waals surface area contributed by atoms with E-state index >= 15 is 0 Å². The molecule has 262 valence electrons. The Kier molecular flexibility index (Phi) is 33.5. The van der Waals surface area contributed by atoms with Crippen LogP contribution in [0, 0.1) is 0 Å². The fraction of sp³-hybridized carbons (Fsp3) is 0.795. The molecule has 0 aliphatic rings. The van der Waals surface area contributed by atoms with Gasteiger partial charge in [-0.15, -0.1) is 0 Å². The van der Waals surface area contributed by atoms with Crippen LogP contribution in [0.15, 0.2) is 36.5 Å². The molecular weight excluding hydrogens is 564 g/mol. The summed E-state index contributed by atoms with van der Waals surface area (Å²) in [5.74, 6) is -0.636. The zero-order valence-electron chi connectivity index (χ0n) is 29.2. The Morgan fingerprint density at radius 1 is 0.556 bits per heavy atom. The van der Waals surface area contributed by atoms with Gasteiger partial charge in [0.05, 0.1) is 6.10 Å². The first kappa shape index (κ1) is 43.1. The molecule has 2 N–H and O–H groups in total. The lowest BCUT2D eigenvalue weighted by atomic mass is 10.0. The minimum Gasteiger partial charge on any atom is -0.463 e. The summed E-state index contributed by atoms with van der Waals surface area (Å²) in [6, 6.07) is 0. The minimum absolute atomic E-state index is 0.140. The number of carbonyl (C=O) groups excluding carboxylic acids is 2. The number of aliphatic hydroxyl groups is 2. The Balaban J connectivity index is 3.52. The van der Waals surface area contributed by atoms with Crippen molar-refractivity contribution >= 4 is 11.9 Å². The van der Waals surface area contributed by atoms with E-state index in [0.717, 1.165) is 70.6 Å². The molecule has 2 atom stereocenters. The number of rotatable bonds is 33. The van der Waals surface area contributed by atoms with E-state index < -0.39 is 12.2 Å². The monoisotopic (exact) mass is 635 g/mol. The fourth-order valence-corrected chi connectivity index (χ4v) is 5.15. The topological polar surface area (TPSA) is 93.1 Å². The second-order valence-corrected chi connectivity index (χ2v) is 12.5. The van der Waals surface area contributed by atoms with Crippen LogP contribution >= 0.6 is 0 Å². The SMILES string of the molecule is CC/C=C/C/C=C/C=C/C(O)CCCCCCCC(=O)OC[C@H](O)COC(=O)CCCCCCCCCCCCCCCCC. The van der Waals surface area contributed by atoms with Crippen molar-refractivity contribution in [2.45, 2.75) is 187 Å². The number of aliphatic hydroxyl groups excluding tert-OH is 2. The Labute approximate surface area is 277 Å². The average Bonchev–Trinajstić information content (AvgIpc) is 3.03. The second kappa shape index (κ2) is 34.9. The standard InChI is InChI=1S/C39H70O6/c1-3-5-7-9-11-12-13-14-15-16-17-18-20-24-28-32-38(42)44-34-37(41)35-45-39(43)33-29-25-21-23-27-31-36(40)30-26-22-19-10-8-6-4-2/h6,8,19,22,26,30,36-37,40-41H,3-5,7,9-18,20-21,23-25,27-29,31-35H2,1-2H3/b8-6+,22-19+,30-26+/t36?,37-/m1/s1. The van der Waals surface area contributed by atoms with Crippen LogP contribution in [0.3, 0.4) is 0 Å². The van der Waals surface area contributed by atoms with Crippen molar-refractivity contribution in [2.24, 2.45) is 0 Å². The van der Waals surface area contributed by atoms with Crippen LogP contribution in [-0.4, -0.2) is 47.6 Å². The maximum absolute atomic E-state index is 11.9. The van der Waals surface area contributed by atoms with Gasteiger partial charge in [-0.25, -0.2) is 0 Å². The minimum atomic E-state index is -0.993. The molecule has 0 aromatic rings. The molecule has 0 aliphatic heterocycles. The van der Waals surface area contributed by atoms with Gasteiger partial charge in [0.15, 0.2) is 0 Å². The molecule has 6 heteroatoms. The van der Waals surface area contributed by atoms with Gasteiger partial charge in [-0.05, 0) is 32.1 Å². The largest absolute Gasteiger partial charge is 0.463 e. The van der Waals surface area contributed by atoms with E-state index in [9.17, 15) is 19.8 Å². The number of allylic oxidation sites excluding steroid dienone is 5. The molecule has 0 aromatic carbocycles. The van der Waals surface area contributed by atoms with Gasteiger partial charge >= 0.3 is 11.9 Å². The molecule has 0 saturated heterocycles. The summed E-state index contributed by atoms with van der Waals surface area (Å²) in [6.07, 6.45) is 37.9. The van der Waals surface area contributed by atoms with E-state index in [4.69, 9.17) is 9.47 Å². The summed E-state index contributed by atoms with van der Waals surface area (Å²) >= 11 is 0. The number of esters is 2. The molecule has 0 bridgehead atoms. The molecule has 0 fully saturated rings. The van der Waals surface area contributed by atoms with Gasteiger partial charge in [0, 0.05) is 12.8 Å². The first-order valence-electron chi connectivity index (χ1n) is 18.6. The Morgan fingerprint density at radius 2 is 1.00 bits per heavy atom. The van der Waals surface area contributed by atoms with Crippen LogP contribution in [0.4, 0.5) is 0 Å². The summed E-state index contributed by atoms with van der Waals surface area (Å²) < 4.78 is 10.3. The van der Waals surface area contributed by atoms with Crippen LogP contribution in [0.25, 0.3) is 0 Å². The molecular formula is C39H70O6. The number of hydrogen-bond acceptors (Lipinski definition) is 6. The number of ether oxygens (including phenoxy) is 2. The van der Waals surface area contributed by atoms with Gasteiger partial charge in [-0.3, -0.25) is 9.59 Å². The first-order chi connectivity index (χ1) is 22.0. The number of unbranched alkanes of at least 4 members (excludes halogenated alkanes) is 18. The summed E-state index contributed by atoms with van der Waals surface area (Å²) in [7, 11) is 0. The highest BCUT2D eigenvalue weighted by Gasteiger charge is 2.12. The molecule has 1 unspecified atom stereocenters. The fourth-order valence-electron chi connectivity index (χ4n) is 5.15. The molecule has 6 nitrogen and oxygen atoms in total. The predicted molar refractivity (Wildman–Crippen MR) is 188 cm³/mol. The Morgan fingerprint density at radius 3 is 1.47 bits per heavy atom. The maximum Gasteiger partial charge on any atom is 0.305 e. The van der Waals surface area contributed by atoms with E-state index in [2.05, 4.69) is 32.1 Å². The van der Waals surface area contributed by atoms with Gasteiger partial charge in [0.25, 0.3) is 0 Å². The van der Waals surface area contributed by atoms with Gasteiger partial charge in [-0.2, -0.15) is 0 Å². The lowest BCUT2D eigenvalue weighted by molar-refractivity contribution is -0.152. The highest BCUT2D eigenvalue weighted by Crippen LogP contribution is 2.14. The Hall–Kier alpha value is -1.92. The van der Waals surface area contributed by atoms with Crippen LogP contribution in [0.2, 0.25) is 0 Å². The summed E-state index contributed by atoms with van der Waals surface area (Å²) in [6.45, 7) is 4.09. The quantitative estimate of drug-likeness (QED) is 0.0323. The molecule has 0 rings (SSSR count). The first-order valence-corrected chi connectivity index (χ1v) is 18.6. The van der Waals surface area contributed by atoms with Gasteiger partial charge in [0.1, 0.15) is 19.3 Å². The maximum atomic E-state index is 11.9. The third-order valence-corrected chi connectivity index (χ3v) is 7.99. The van der Waals surface area contributed by atoms with E-state index in [0.29, 0.717) is 12.8 Å². The van der Waals surface area contributed by atoms with Crippen LogP contribution in [-0.2, 0) is 19.1 Å². The van der Waals surface area contributed by atoms with Gasteiger partial charge in [-0.1, -0.05) is 166 Å². The summed E-state index contributed by atoms with van der Waals surface area (Å²) in [5.41, 5.74) is 0. The van der Waals surface area contributed by atoms with E-state index in [-0.39, 0.29) is 25.2 Å². The zero-order valence-corrected chi connectivity index (χ0v) is 29.2. The van der Waals surface area contributed by atoms with Crippen molar-refractivity contribution in [3.8, 4) is 0 Å². The predicted octanol–water partition coefficient (Wildman–Crippen LogP) is 10.3. The summed E-state index contributed by atoms with van der Waals surface area (Å²) in [5, 5.41) is 20.0. The van der Waals surface area contributed by atoms with Gasteiger partial charge in [0.2, 0.25) is 0 Å². The van der Waals surface area contributed by atoms with Crippen LogP contribution in [0.1, 0.15) is 174 Å². The molecule has 0 saturated carbocycles. The van der Waals surface area contributed by atoms with Crippen molar-refractivity contribution in [3.05, 3.63) is 36.5 Å². The third-order valence-electron chi connectivity index (χ3n) is 7.99. The van der Waals surface area contributed by atoms with Crippen molar-refractivity contribution < 1.29 is 29.3 Å². The Bertz CT molecular complexity index is 744. The normalized spacial score (nSPS) is 13.2. The second-order valence-electron chi connectivity index (χ2n) is 12.5. The van der Waals surface area contributed by atoms with Crippen LogP contribution < -0.4 is 0 Å². The van der Waals surface area contributed by atoms with Crippen molar-refractivity contribution in [2.75, 3.05) is 13.2 Å². The van der Waals surface area contributed by atoms with Crippen molar-refractivity contribution in [3.63, 3.8) is 0 Å². The van der Waals surface area contributed by atoms with E-state index in [1.165, 1.54) is 77.0 Å². The molecule has 0 heterocycles. The van der Waals surface area contributed by atoms with E-state index in [1.54, 1.807) is 0 Å². The molecule has 0 spiro atoms. The molecule has 0 radical (unpaired) electrons. The highest BCUT2D eigenvalue weighted by molar-refractivity contribution is 5.69.